The van der Waals surface area contributed by atoms with E-state index in [0.717, 1.165) is 44.9 Å². The first-order valence-corrected chi connectivity index (χ1v) is 40.1. The SMILES string of the molecule is CCCCCCCCCC/C=C\CCCCCCCCCCCCCCCCCCCCCCCCCCCCCC(=O)NC(COC1OC(CO)C(OC2OC(CO)C(OC3OC(CO)C(O)C(O)C3O)C(O)C2O)C(O)C1O)C(O)/C=C/CCCCCCCCCCCCC. The summed E-state index contributed by atoms with van der Waals surface area (Å²) in [6.07, 6.45) is 45.0. The highest BCUT2D eigenvalue weighted by Crippen LogP contribution is 2.33. The number of rotatable bonds is 64. The van der Waals surface area contributed by atoms with Crippen LogP contribution < -0.4 is 5.32 Å². The van der Waals surface area contributed by atoms with Crippen LogP contribution in [0.5, 0.6) is 0 Å². The minimum absolute atomic E-state index is 0.249. The summed E-state index contributed by atoms with van der Waals surface area (Å²) in [4.78, 5) is 13.4. The number of carbonyl (C=O) groups is 1. The first-order valence-electron chi connectivity index (χ1n) is 40.1. The van der Waals surface area contributed by atoms with Gasteiger partial charge in [-0.2, -0.15) is 0 Å². The van der Waals surface area contributed by atoms with Gasteiger partial charge in [0.15, 0.2) is 18.9 Å². The van der Waals surface area contributed by atoms with E-state index in [-0.39, 0.29) is 18.9 Å². The first kappa shape index (κ1) is 89.5. The van der Waals surface area contributed by atoms with E-state index in [4.69, 9.17) is 28.4 Å². The number of allylic oxidation sites excluding steroid dienone is 3. The molecule has 19 nitrogen and oxygen atoms in total. The number of ether oxygens (including phenoxy) is 6. The fraction of sp³-hybridized carbons (Fsp3) is 0.936. The smallest absolute Gasteiger partial charge is 0.220 e. The fourth-order valence-corrected chi connectivity index (χ4v) is 13.8. The van der Waals surface area contributed by atoms with Crippen LogP contribution in [-0.2, 0) is 33.2 Å². The molecule has 19 heteroatoms. The Hall–Kier alpha value is -1.73. The van der Waals surface area contributed by atoms with Crippen LogP contribution in [0.3, 0.4) is 0 Å². The number of nitrogens with one attached hydrogen (secondary N) is 1. The molecule has 12 N–H and O–H groups in total. The summed E-state index contributed by atoms with van der Waals surface area (Å²) in [5, 5.41) is 121. The second kappa shape index (κ2) is 59.6. The molecule has 3 saturated heterocycles. The zero-order chi connectivity index (χ0) is 70.4. The average Bonchev–Trinajstić information content (AvgIpc) is 0.809. The molecule has 0 saturated carbocycles. The molecular formula is C78H147NO18. The molecule has 0 spiro atoms. The molecule has 0 bridgehead atoms. The Kier molecular flexibility index (Phi) is 55.0. The molecule has 0 aromatic rings. The van der Waals surface area contributed by atoms with E-state index in [1.807, 2.05) is 6.08 Å². The van der Waals surface area contributed by atoms with Crippen LogP contribution in [0, 0.1) is 0 Å². The van der Waals surface area contributed by atoms with Gasteiger partial charge in [0.2, 0.25) is 5.91 Å². The quantitative estimate of drug-likeness (QED) is 0.0199. The largest absolute Gasteiger partial charge is 0.394 e. The zero-order valence-electron chi connectivity index (χ0n) is 61.1. The van der Waals surface area contributed by atoms with E-state index in [2.05, 4.69) is 31.3 Å². The van der Waals surface area contributed by atoms with Gasteiger partial charge in [0.25, 0.3) is 0 Å². The molecule has 17 unspecified atom stereocenters. The number of aliphatic hydroxyl groups excluding tert-OH is 11. The molecule has 0 radical (unpaired) electrons. The van der Waals surface area contributed by atoms with Crippen molar-refractivity contribution in [2.75, 3.05) is 26.4 Å². The van der Waals surface area contributed by atoms with Crippen molar-refractivity contribution in [3.63, 3.8) is 0 Å². The lowest BCUT2D eigenvalue weighted by atomic mass is 9.96. The Morgan fingerprint density at radius 3 is 1.00 bits per heavy atom. The van der Waals surface area contributed by atoms with Crippen LogP contribution in [0.2, 0.25) is 0 Å². The molecule has 0 aromatic carbocycles. The van der Waals surface area contributed by atoms with E-state index >= 15 is 0 Å². The van der Waals surface area contributed by atoms with Crippen LogP contribution in [0.1, 0.15) is 335 Å². The van der Waals surface area contributed by atoms with Gasteiger partial charge in [0.1, 0.15) is 73.2 Å². The molecule has 3 aliphatic rings. The van der Waals surface area contributed by atoms with E-state index in [9.17, 15) is 61.0 Å². The molecule has 3 fully saturated rings. The summed E-state index contributed by atoms with van der Waals surface area (Å²) in [6, 6.07) is -0.969. The van der Waals surface area contributed by atoms with Crippen LogP contribution in [-0.4, -0.2) is 193 Å². The van der Waals surface area contributed by atoms with Crippen molar-refractivity contribution in [2.45, 2.75) is 439 Å². The minimum atomic E-state index is -1.98. The number of hydrogen-bond donors (Lipinski definition) is 12. The van der Waals surface area contributed by atoms with E-state index in [0.29, 0.717) is 6.42 Å². The van der Waals surface area contributed by atoms with E-state index in [1.165, 1.54) is 263 Å². The van der Waals surface area contributed by atoms with Gasteiger partial charge in [-0.1, -0.05) is 308 Å². The van der Waals surface area contributed by atoms with Gasteiger partial charge in [-0.15, -0.1) is 0 Å². The molecule has 1 amide bonds. The summed E-state index contributed by atoms with van der Waals surface area (Å²) in [6.45, 7) is 1.76. The molecule has 3 aliphatic heterocycles. The van der Waals surface area contributed by atoms with Crippen molar-refractivity contribution >= 4 is 5.91 Å². The first-order chi connectivity index (χ1) is 47.3. The fourth-order valence-electron chi connectivity index (χ4n) is 13.8. The Bertz CT molecular complexity index is 1850. The van der Waals surface area contributed by atoms with Gasteiger partial charge in [-0.05, 0) is 44.9 Å². The lowest BCUT2D eigenvalue weighted by molar-refractivity contribution is -0.379. The number of carbonyl (C=O) groups excluding carboxylic acids is 1. The van der Waals surface area contributed by atoms with Gasteiger partial charge in [-0.3, -0.25) is 4.79 Å². The molecule has 3 rings (SSSR count). The van der Waals surface area contributed by atoms with Crippen LogP contribution in [0.15, 0.2) is 24.3 Å². The van der Waals surface area contributed by atoms with E-state index < -0.39 is 124 Å². The van der Waals surface area contributed by atoms with Gasteiger partial charge in [0, 0.05) is 6.42 Å². The predicted octanol–water partition coefficient (Wildman–Crippen LogP) is 13.0. The zero-order valence-corrected chi connectivity index (χ0v) is 61.1. The predicted molar refractivity (Wildman–Crippen MR) is 383 cm³/mol. The lowest BCUT2D eigenvalue weighted by Crippen LogP contribution is -2.66. The second-order valence-corrected chi connectivity index (χ2v) is 28.9. The Labute approximate surface area is 588 Å². The maximum atomic E-state index is 13.4. The number of amides is 1. The topological polar surface area (TPSA) is 307 Å². The summed E-state index contributed by atoms with van der Waals surface area (Å²) in [5.74, 6) is -0.269. The van der Waals surface area contributed by atoms with Gasteiger partial charge >= 0.3 is 0 Å². The highest BCUT2D eigenvalue weighted by atomic mass is 16.8. The highest BCUT2D eigenvalue weighted by Gasteiger charge is 2.54. The molecular weight excluding hydrogens is 1240 g/mol. The standard InChI is InChI=1S/C78H147NO18/c1-3-5-7-9-11-13-15-17-18-19-20-21-22-23-24-25-26-27-28-29-30-31-32-33-34-35-36-37-38-39-40-41-42-44-46-48-50-52-54-56-66(84)79-61(62(83)55-53-51-49-47-45-43-16-14-12-10-8-6-4-2)60-92-76-72(90)69(87)74(64(58-81)94-76)97-78-73(91)70(88)75(65(59-82)95-78)96-77-71(89)68(86)67(85)63(57-80)93-77/h19-20,53,55,61-65,67-78,80-83,85-91H,3-18,21-52,54,56-60H2,1-2H3,(H,79,84)/b20-19-,55-53+. The van der Waals surface area contributed by atoms with Crippen LogP contribution in [0.4, 0.5) is 0 Å². The monoisotopic (exact) mass is 1390 g/mol. The Morgan fingerprint density at radius 1 is 0.361 bits per heavy atom. The van der Waals surface area contributed by atoms with Crippen molar-refractivity contribution < 1.29 is 89.4 Å². The number of hydrogen-bond acceptors (Lipinski definition) is 18. The normalized spacial score (nSPS) is 27.0. The van der Waals surface area contributed by atoms with Gasteiger partial charge in [-0.25, -0.2) is 0 Å². The van der Waals surface area contributed by atoms with Gasteiger partial charge < -0.3 is 89.9 Å². The highest BCUT2D eigenvalue weighted by molar-refractivity contribution is 5.76. The van der Waals surface area contributed by atoms with Crippen LogP contribution in [0.25, 0.3) is 0 Å². The molecule has 572 valence electrons. The second-order valence-electron chi connectivity index (χ2n) is 28.9. The van der Waals surface area contributed by atoms with Gasteiger partial charge in [0.05, 0.1) is 38.6 Å². The Balaban J connectivity index is 1.27. The van der Waals surface area contributed by atoms with E-state index in [1.54, 1.807) is 6.08 Å². The molecule has 0 aromatic heterocycles. The summed E-state index contributed by atoms with van der Waals surface area (Å²) >= 11 is 0. The minimum Gasteiger partial charge on any atom is -0.394 e. The van der Waals surface area contributed by atoms with Crippen molar-refractivity contribution in [1.82, 2.24) is 5.32 Å². The summed E-state index contributed by atoms with van der Waals surface area (Å²) < 4.78 is 34.4. The maximum absolute atomic E-state index is 13.4. The van der Waals surface area contributed by atoms with Crippen molar-refractivity contribution in [1.29, 1.82) is 0 Å². The van der Waals surface area contributed by atoms with Crippen molar-refractivity contribution in [3.05, 3.63) is 24.3 Å². The number of unbranched alkanes of at least 4 members (excludes halogenated alkanes) is 46. The molecule has 97 heavy (non-hydrogen) atoms. The maximum Gasteiger partial charge on any atom is 0.220 e. The molecule has 17 atom stereocenters. The third-order valence-electron chi connectivity index (χ3n) is 20.2. The third-order valence-corrected chi connectivity index (χ3v) is 20.2. The molecule has 0 aliphatic carbocycles. The van der Waals surface area contributed by atoms with Crippen molar-refractivity contribution in [3.8, 4) is 0 Å². The average molecular weight is 1390 g/mol. The lowest BCUT2D eigenvalue weighted by Gasteiger charge is -2.48. The van der Waals surface area contributed by atoms with Crippen molar-refractivity contribution in [2.24, 2.45) is 0 Å². The summed E-state index contributed by atoms with van der Waals surface area (Å²) in [7, 11) is 0. The van der Waals surface area contributed by atoms with Crippen LogP contribution >= 0.6 is 0 Å². The molecule has 3 heterocycles. The summed E-state index contributed by atoms with van der Waals surface area (Å²) in [5.41, 5.74) is 0. The number of aliphatic hydroxyl groups is 11. The Morgan fingerprint density at radius 2 is 0.649 bits per heavy atom. The third kappa shape index (κ3) is 40.2.